The van der Waals surface area contributed by atoms with Crippen LogP contribution in [-0.4, -0.2) is 62.4 Å². The molecule has 148 valence electrons. The van der Waals surface area contributed by atoms with Crippen molar-refractivity contribution in [3.05, 3.63) is 24.3 Å². The lowest BCUT2D eigenvalue weighted by Gasteiger charge is -2.38. The van der Waals surface area contributed by atoms with Crippen LogP contribution in [0.3, 0.4) is 0 Å². The molecule has 1 aromatic rings. The first-order valence-electron chi connectivity index (χ1n) is 9.73. The molecule has 1 N–H and O–H groups in total. The second kappa shape index (κ2) is 8.71. The van der Waals surface area contributed by atoms with Crippen LogP contribution in [0.15, 0.2) is 29.3 Å². The Balaban J connectivity index is 1.64. The first-order chi connectivity index (χ1) is 13.1. The number of hydrogen-bond donors (Lipinski definition) is 1. The third kappa shape index (κ3) is 4.42. The molecule has 0 bridgehead atoms. The van der Waals surface area contributed by atoms with E-state index in [2.05, 4.69) is 16.0 Å². The highest BCUT2D eigenvalue weighted by atomic mass is 16.7. The van der Waals surface area contributed by atoms with Gasteiger partial charge in [-0.25, -0.2) is 0 Å². The van der Waals surface area contributed by atoms with Crippen molar-refractivity contribution >= 4 is 17.5 Å². The number of amidine groups is 2. The molecule has 1 spiro atoms. The van der Waals surface area contributed by atoms with E-state index in [1.165, 1.54) is 0 Å². The summed E-state index contributed by atoms with van der Waals surface area (Å²) in [6, 6.07) is 8.02. The highest BCUT2D eigenvalue weighted by molar-refractivity contribution is 5.96. The summed E-state index contributed by atoms with van der Waals surface area (Å²) in [6.07, 6.45) is 2.49. The van der Waals surface area contributed by atoms with Crippen LogP contribution < -0.4 is 9.64 Å². The van der Waals surface area contributed by atoms with E-state index in [4.69, 9.17) is 19.6 Å². The predicted octanol–water partition coefficient (Wildman–Crippen LogP) is 3.10. The first kappa shape index (κ1) is 19.6. The van der Waals surface area contributed by atoms with Crippen LogP contribution in [0.5, 0.6) is 5.75 Å². The van der Waals surface area contributed by atoms with E-state index in [1.54, 1.807) is 11.9 Å². The van der Waals surface area contributed by atoms with Crippen molar-refractivity contribution in [2.45, 2.75) is 38.9 Å². The molecular formula is C20H30N4O3. The fraction of sp³-hybridized carbons (Fsp3) is 0.600. The monoisotopic (exact) mass is 374 g/mol. The maximum Gasteiger partial charge on any atom is 0.295 e. The fourth-order valence-corrected chi connectivity index (χ4v) is 3.71. The van der Waals surface area contributed by atoms with Gasteiger partial charge in [0, 0.05) is 57.7 Å². The van der Waals surface area contributed by atoms with Crippen LogP contribution in [0.2, 0.25) is 0 Å². The van der Waals surface area contributed by atoms with E-state index in [0.29, 0.717) is 25.5 Å². The average Bonchev–Trinajstić information content (AvgIpc) is 3.14. The van der Waals surface area contributed by atoms with Crippen molar-refractivity contribution in [3.8, 4) is 5.75 Å². The quantitative estimate of drug-likeness (QED) is 0.648. The Hall–Kier alpha value is -2.12. The Morgan fingerprint density at radius 3 is 2.56 bits per heavy atom. The second-order valence-electron chi connectivity index (χ2n) is 6.74. The smallest absolute Gasteiger partial charge is 0.295 e. The van der Waals surface area contributed by atoms with Crippen molar-refractivity contribution in [2.24, 2.45) is 4.99 Å². The van der Waals surface area contributed by atoms with Gasteiger partial charge in [-0.3, -0.25) is 15.3 Å². The molecule has 7 heteroatoms. The van der Waals surface area contributed by atoms with Gasteiger partial charge in [-0.15, -0.1) is 0 Å². The molecule has 7 nitrogen and oxygen atoms in total. The lowest BCUT2D eigenvalue weighted by Crippen LogP contribution is -2.45. The number of benzene rings is 1. The molecule has 0 aliphatic carbocycles. The van der Waals surface area contributed by atoms with Gasteiger partial charge in [-0.1, -0.05) is 13.0 Å². The number of nitrogens with zero attached hydrogens (tertiary/aromatic N) is 3. The second-order valence-corrected chi connectivity index (χ2v) is 6.74. The van der Waals surface area contributed by atoms with Gasteiger partial charge in [-0.2, -0.15) is 0 Å². The Labute approximate surface area is 161 Å². The zero-order chi connectivity index (χ0) is 19.3. The summed E-state index contributed by atoms with van der Waals surface area (Å²) < 4.78 is 17.4. The van der Waals surface area contributed by atoms with E-state index in [9.17, 15) is 0 Å². The van der Waals surface area contributed by atoms with E-state index in [0.717, 1.165) is 43.9 Å². The number of rotatable bonds is 4. The minimum atomic E-state index is -0.371. The molecule has 0 amide bonds. The molecule has 2 fully saturated rings. The van der Waals surface area contributed by atoms with Crippen LogP contribution >= 0.6 is 0 Å². The van der Waals surface area contributed by atoms with E-state index < -0.39 is 0 Å². The van der Waals surface area contributed by atoms with Gasteiger partial charge >= 0.3 is 0 Å². The molecule has 0 unspecified atom stereocenters. The minimum absolute atomic E-state index is 0.0995. The van der Waals surface area contributed by atoms with Crippen molar-refractivity contribution in [1.29, 1.82) is 5.41 Å². The number of hydrogen-bond acceptors (Lipinski definition) is 6. The Morgan fingerprint density at radius 1 is 1.26 bits per heavy atom. The van der Waals surface area contributed by atoms with E-state index in [1.807, 2.05) is 32.0 Å². The number of anilines is 1. The van der Waals surface area contributed by atoms with Crippen LogP contribution in [0.25, 0.3) is 0 Å². The van der Waals surface area contributed by atoms with Gasteiger partial charge < -0.3 is 19.1 Å². The summed E-state index contributed by atoms with van der Waals surface area (Å²) in [4.78, 5) is 8.35. The van der Waals surface area contributed by atoms with Crippen LogP contribution in [0.4, 0.5) is 5.69 Å². The molecule has 1 aromatic carbocycles. The van der Waals surface area contributed by atoms with Gasteiger partial charge in [0.2, 0.25) is 0 Å². The molecule has 2 heterocycles. The Bertz CT molecular complexity index is 676. The summed E-state index contributed by atoms with van der Waals surface area (Å²) in [7, 11) is 1.75. The third-order valence-electron chi connectivity index (χ3n) is 5.18. The fourth-order valence-electron chi connectivity index (χ4n) is 3.71. The highest BCUT2D eigenvalue weighted by Gasteiger charge is 2.39. The molecule has 2 aliphatic heterocycles. The Morgan fingerprint density at radius 2 is 1.96 bits per heavy atom. The van der Waals surface area contributed by atoms with Crippen molar-refractivity contribution in [1.82, 2.24) is 4.90 Å². The molecule has 3 rings (SSSR count). The van der Waals surface area contributed by atoms with Crippen molar-refractivity contribution in [2.75, 3.05) is 44.8 Å². The summed E-state index contributed by atoms with van der Waals surface area (Å²) in [5.41, 5.74) is 1.09. The summed E-state index contributed by atoms with van der Waals surface area (Å²) in [6.45, 7) is 7.81. The van der Waals surface area contributed by atoms with Gasteiger partial charge in [-0.05, 0) is 19.1 Å². The number of ether oxygens (including phenoxy) is 3. The molecule has 0 aromatic heterocycles. The zero-order valence-corrected chi connectivity index (χ0v) is 16.5. The Kier molecular flexibility index (Phi) is 6.34. The average molecular weight is 374 g/mol. The van der Waals surface area contributed by atoms with Gasteiger partial charge in [0.1, 0.15) is 11.6 Å². The predicted molar refractivity (Wildman–Crippen MR) is 107 cm³/mol. The van der Waals surface area contributed by atoms with Crippen LogP contribution in [0, 0.1) is 5.41 Å². The highest BCUT2D eigenvalue weighted by Crippen LogP contribution is 2.34. The van der Waals surface area contributed by atoms with Crippen molar-refractivity contribution < 1.29 is 14.2 Å². The lowest BCUT2D eigenvalue weighted by atomic mass is 10.0. The van der Waals surface area contributed by atoms with Crippen LogP contribution in [0.1, 0.15) is 33.1 Å². The minimum Gasteiger partial charge on any atom is -0.426 e. The molecular weight excluding hydrogens is 344 g/mol. The molecule has 2 aliphatic rings. The number of aliphatic imine (C=N–C) groups is 1. The van der Waals surface area contributed by atoms with Gasteiger partial charge in [0.05, 0.1) is 13.2 Å². The molecule has 27 heavy (non-hydrogen) atoms. The molecule has 2 saturated heterocycles. The maximum atomic E-state index is 8.32. The normalized spacial score (nSPS) is 19.4. The SMILES string of the molecule is CC/C(=N/C)N(CC)C(=N)Oc1cccc(N2CCC3(CC2)OCCO3)c1. The summed E-state index contributed by atoms with van der Waals surface area (Å²) in [5, 5.41) is 8.32. The lowest BCUT2D eigenvalue weighted by molar-refractivity contribution is -0.169. The van der Waals surface area contributed by atoms with E-state index >= 15 is 0 Å². The molecule has 0 radical (unpaired) electrons. The number of nitrogens with one attached hydrogen (secondary N) is 1. The van der Waals surface area contributed by atoms with E-state index in [-0.39, 0.29) is 11.8 Å². The first-order valence-corrected chi connectivity index (χ1v) is 9.73. The largest absolute Gasteiger partial charge is 0.426 e. The topological polar surface area (TPSA) is 70.4 Å². The molecule has 0 saturated carbocycles. The molecule has 0 atom stereocenters. The van der Waals surface area contributed by atoms with Crippen LogP contribution in [-0.2, 0) is 9.47 Å². The third-order valence-corrected chi connectivity index (χ3v) is 5.18. The summed E-state index contributed by atoms with van der Waals surface area (Å²) >= 11 is 0. The zero-order valence-electron chi connectivity index (χ0n) is 16.5. The number of piperidine rings is 1. The van der Waals surface area contributed by atoms with Crippen molar-refractivity contribution in [3.63, 3.8) is 0 Å². The standard InChI is InChI=1S/C20H30N4O3/c1-4-18(22-3)24(5-2)19(21)27-17-8-6-7-16(15-17)23-11-9-20(10-12-23)25-13-14-26-20/h6-8,15,21H,4-5,9-14H2,1-3H3/b21-19?,22-18-. The van der Waals surface area contributed by atoms with Gasteiger partial charge in [0.15, 0.2) is 5.79 Å². The maximum absolute atomic E-state index is 8.32. The summed E-state index contributed by atoms with van der Waals surface area (Å²) in [5.74, 6) is 1.14. The van der Waals surface area contributed by atoms with Gasteiger partial charge in [0.25, 0.3) is 6.02 Å².